The van der Waals surface area contributed by atoms with E-state index in [2.05, 4.69) is 0 Å². The first-order valence-electron chi connectivity index (χ1n) is 4.08. The molecule has 0 fully saturated rings. The summed E-state index contributed by atoms with van der Waals surface area (Å²) in [6.45, 7) is -0.0818. The third kappa shape index (κ3) is 0.995. The number of fused-ring (bicyclic) bond motifs is 1. The smallest absolute Gasteiger partial charge is 0.291 e. The van der Waals surface area contributed by atoms with Gasteiger partial charge in [-0.1, -0.05) is 12.1 Å². The van der Waals surface area contributed by atoms with Crippen LogP contribution in [0.1, 0.15) is 10.4 Å². The molecule has 0 aliphatic carbocycles. The molecule has 0 atom stereocenters. The van der Waals surface area contributed by atoms with Gasteiger partial charge >= 0.3 is 0 Å². The SMILES string of the molecule is N#CCN1C(=O)C(=O)c2ccccc21. The quantitative estimate of drug-likeness (QED) is 0.480. The van der Waals surface area contributed by atoms with Gasteiger partial charge < -0.3 is 0 Å². The number of amides is 1. The predicted molar refractivity (Wildman–Crippen MR) is 48.7 cm³/mol. The van der Waals surface area contributed by atoms with E-state index in [1.165, 1.54) is 4.90 Å². The van der Waals surface area contributed by atoms with Crippen LogP contribution in [0.15, 0.2) is 24.3 Å². The first-order chi connectivity index (χ1) is 6.75. The Balaban J connectivity index is 2.54. The van der Waals surface area contributed by atoms with Crippen molar-refractivity contribution < 1.29 is 9.59 Å². The van der Waals surface area contributed by atoms with Crippen LogP contribution in [-0.4, -0.2) is 18.2 Å². The molecule has 4 heteroatoms. The Hall–Kier alpha value is -2.15. The van der Waals surface area contributed by atoms with Crippen molar-refractivity contribution in [1.82, 2.24) is 0 Å². The average Bonchev–Trinajstić information content (AvgIpc) is 2.45. The Kier molecular flexibility index (Phi) is 1.79. The Morgan fingerprint density at radius 3 is 2.71 bits per heavy atom. The molecule has 0 spiro atoms. The van der Waals surface area contributed by atoms with E-state index in [1.807, 2.05) is 6.07 Å². The summed E-state index contributed by atoms with van der Waals surface area (Å²) in [5.74, 6) is -1.15. The van der Waals surface area contributed by atoms with Crippen LogP contribution in [0.3, 0.4) is 0 Å². The van der Waals surface area contributed by atoms with E-state index in [4.69, 9.17) is 5.26 Å². The molecule has 0 saturated carbocycles. The Morgan fingerprint density at radius 1 is 1.29 bits per heavy atom. The highest BCUT2D eigenvalue weighted by molar-refractivity contribution is 6.52. The van der Waals surface area contributed by atoms with Gasteiger partial charge in [0.1, 0.15) is 6.54 Å². The van der Waals surface area contributed by atoms with Crippen LogP contribution >= 0.6 is 0 Å². The molecule has 1 aliphatic heterocycles. The molecule has 68 valence electrons. The molecule has 0 saturated heterocycles. The van der Waals surface area contributed by atoms with Crippen LogP contribution in [-0.2, 0) is 4.79 Å². The zero-order chi connectivity index (χ0) is 10.1. The minimum atomic E-state index is -0.618. The second-order valence-electron chi connectivity index (χ2n) is 2.90. The number of nitriles is 1. The molecule has 0 radical (unpaired) electrons. The lowest BCUT2D eigenvalue weighted by molar-refractivity contribution is -0.114. The van der Waals surface area contributed by atoms with Crippen molar-refractivity contribution in [3.8, 4) is 6.07 Å². The minimum Gasteiger partial charge on any atom is -0.291 e. The number of hydrogen-bond donors (Lipinski definition) is 0. The van der Waals surface area contributed by atoms with Gasteiger partial charge in [-0.25, -0.2) is 0 Å². The summed E-state index contributed by atoms with van der Waals surface area (Å²) in [5, 5.41) is 8.50. The van der Waals surface area contributed by atoms with Gasteiger partial charge in [-0.2, -0.15) is 5.26 Å². The lowest BCUT2D eigenvalue weighted by Crippen LogP contribution is -2.29. The van der Waals surface area contributed by atoms with Gasteiger partial charge in [-0.3, -0.25) is 14.5 Å². The highest BCUT2D eigenvalue weighted by atomic mass is 16.2. The standard InChI is InChI=1S/C10H6N2O2/c11-5-6-12-8-4-2-1-3-7(8)9(13)10(12)14/h1-4H,6H2. The van der Waals surface area contributed by atoms with Crippen molar-refractivity contribution in [3.05, 3.63) is 29.8 Å². The number of Topliss-reactive ketones (excluding diaryl/α,β-unsaturated/α-hetero) is 1. The summed E-state index contributed by atoms with van der Waals surface area (Å²) in [5.41, 5.74) is 0.914. The molecule has 1 aromatic carbocycles. The van der Waals surface area contributed by atoms with E-state index in [0.717, 1.165) is 0 Å². The number of carbonyl (C=O) groups is 2. The molecule has 14 heavy (non-hydrogen) atoms. The molecule has 1 aromatic rings. The van der Waals surface area contributed by atoms with Crippen molar-refractivity contribution in [3.63, 3.8) is 0 Å². The summed E-state index contributed by atoms with van der Waals surface area (Å²) >= 11 is 0. The van der Waals surface area contributed by atoms with Crippen molar-refractivity contribution in [2.45, 2.75) is 0 Å². The number of nitrogens with zero attached hydrogens (tertiary/aromatic N) is 2. The van der Waals surface area contributed by atoms with E-state index in [9.17, 15) is 9.59 Å². The molecule has 1 heterocycles. The molecule has 0 N–H and O–H groups in total. The molecule has 4 nitrogen and oxygen atoms in total. The van der Waals surface area contributed by atoms with E-state index >= 15 is 0 Å². The summed E-state index contributed by atoms with van der Waals surface area (Å²) in [6, 6.07) is 8.53. The maximum Gasteiger partial charge on any atom is 0.300 e. The molecular weight excluding hydrogens is 180 g/mol. The maximum absolute atomic E-state index is 11.4. The van der Waals surface area contributed by atoms with Crippen LogP contribution in [0.5, 0.6) is 0 Å². The van der Waals surface area contributed by atoms with Crippen LogP contribution in [0.2, 0.25) is 0 Å². The molecule has 0 unspecified atom stereocenters. The zero-order valence-electron chi connectivity index (χ0n) is 7.23. The number of para-hydroxylation sites is 1. The number of benzene rings is 1. The third-order valence-electron chi connectivity index (χ3n) is 2.11. The van der Waals surface area contributed by atoms with Gasteiger partial charge in [0, 0.05) is 0 Å². The molecule has 2 rings (SSSR count). The summed E-state index contributed by atoms with van der Waals surface area (Å²) < 4.78 is 0. The number of anilines is 1. The lowest BCUT2D eigenvalue weighted by atomic mass is 10.1. The molecule has 1 aliphatic rings. The van der Waals surface area contributed by atoms with E-state index in [-0.39, 0.29) is 6.54 Å². The van der Waals surface area contributed by atoms with E-state index < -0.39 is 11.7 Å². The maximum atomic E-state index is 11.4. The Bertz CT molecular complexity index is 459. The topological polar surface area (TPSA) is 61.2 Å². The normalized spacial score (nSPS) is 14.1. The monoisotopic (exact) mass is 186 g/mol. The van der Waals surface area contributed by atoms with Crippen molar-refractivity contribution in [1.29, 1.82) is 5.26 Å². The third-order valence-corrected chi connectivity index (χ3v) is 2.11. The molecular formula is C10H6N2O2. The first-order valence-corrected chi connectivity index (χ1v) is 4.08. The Morgan fingerprint density at radius 2 is 2.00 bits per heavy atom. The number of ketones is 1. The number of carbonyl (C=O) groups excluding carboxylic acids is 2. The van der Waals surface area contributed by atoms with Crippen molar-refractivity contribution in [2.24, 2.45) is 0 Å². The van der Waals surface area contributed by atoms with Gasteiger partial charge in [-0.15, -0.1) is 0 Å². The van der Waals surface area contributed by atoms with Crippen LogP contribution in [0.4, 0.5) is 5.69 Å². The fourth-order valence-corrected chi connectivity index (χ4v) is 1.48. The summed E-state index contributed by atoms with van der Waals surface area (Å²) in [7, 11) is 0. The van der Waals surface area contributed by atoms with Gasteiger partial charge in [0.2, 0.25) is 0 Å². The van der Waals surface area contributed by atoms with Gasteiger partial charge in [0.15, 0.2) is 0 Å². The summed E-state index contributed by atoms with van der Waals surface area (Å²) in [6.07, 6.45) is 0. The van der Waals surface area contributed by atoms with E-state index in [1.54, 1.807) is 24.3 Å². The van der Waals surface area contributed by atoms with Crippen LogP contribution in [0.25, 0.3) is 0 Å². The van der Waals surface area contributed by atoms with Crippen LogP contribution in [0, 0.1) is 11.3 Å². The summed E-state index contributed by atoms with van der Waals surface area (Å²) in [4.78, 5) is 24.0. The molecule has 0 bridgehead atoms. The van der Waals surface area contributed by atoms with Gasteiger partial charge in [0.25, 0.3) is 11.7 Å². The predicted octanol–water partition coefficient (Wildman–Crippen LogP) is 0.739. The number of rotatable bonds is 1. The lowest BCUT2D eigenvalue weighted by Gasteiger charge is -2.10. The largest absolute Gasteiger partial charge is 0.300 e. The second kappa shape index (κ2) is 2.96. The zero-order valence-corrected chi connectivity index (χ0v) is 7.23. The van der Waals surface area contributed by atoms with Crippen molar-refractivity contribution >= 4 is 17.4 Å². The molecule has 0 aromatic heterocycles. The number of hydrogen-bond acceptors (Lipinski definition) is 3. The minimum absolute atomic E-state index is 0.0818. The molecule has 1 amide bonds. The van der Waals surface area contributed by atoms with Crippen LogP contribution < -0.4 is 4.90 Å². The van der Waals surface area contributed by atoms with Gasteiger partial charge in [-0.05, 0) is 12.1 Å². The van der Waals surface area contributed by atoms with Crippen molar-refractivity contribution in [2.75, 3.05) is 11.4 Å². The highest BCUT2D eigenvalue weighted by Gasteiger charge is 2.34. The average molecular weight is 186 g/mol. The van der Waals surface area contributed by atoms with E-state index in [0.29, 0.717) is 11.3 Å². The second-order valence-corrected chi connectivity index (χ2v) is 2.90. The highest BCUT2D eigenvalue weighted by Crippen LogP contribution is 2.27. The Labute approximate surface area is 80.4 Å². The van der Waals surface area contributed by atoms with Gasteiger partial charge in [0.05, 0.1) is 17.3 Å². The fraction of sp³-hybridized carbons (Fsp3) is 0.100. The first kappa shape index (κ1) is 8.45. The fourth-order valence-electron chi connectivity index (χ4n) is 1.48.